The summed E-state index contributed by atoms with van der Waals surface area (Å²) < 4.78 is 5.50. The van der Waals surface area contributed by atoms with E-state index in [2.05, 4.69) is 6.07 Å². The van der Waals surface area contributed by atoms with Gasteiger partial charge < -0.3 is 4.74 Å². The fourth-order valence-electron chi connectivity index (χ4n) is 3.34. The second-order valence-electron chi connectivity index (χ2n) is 5.70. The number of fused-ring (bicyclic) bond motifs is 2. The van der Waals surface area contributed by atoms with Crippen LogP contribution >= 0.6 is 0 Å². The Morgan fingerprint density at radius 2 is 1.39 bits per heavy atom. The smallest absolute Gasteiger partial charge is 0.193 e. The van der Waals surface area contributed by atoms with Crippen molar-refractivity contribution in [2.45, 2.75) is 6.42 Å². The molecule has 0 saturated heterocycles. The number of ketones is 1. The Morgan fingerprint density at radius 3 is 2.22 bits per heavy atom. The Hall–Kier alpha value is -2.87. The van der Waals surface area contributed by atoms with E-state index >= 15 is 0 Å². The third kappa shape index (κ3) is 2.15. The largest absolute Gasteiger partial charge is 0.496 e. The van der Waals surface area contributed by atoms with Gasteiger partial charge in [-0.05, 0) is 29.2 Å². The summed E-state index contributed by atoms with van der Waals surface area (Å²) in [6.07, 6.45) is 0.769. The highest BCUT2D eigenvalue weighted by Gasteiger charge is 2.25. The van der Waals surface area contributed by atoms with Gasteiger partial charge in [0, 0.05) is 16.7 Å². The topological polar surface area (TPSA) is 26.3 Å². The van der Waals surface area contributed by atoms with Crippen LogP contribution in [0.15, 0.2) is 66.7 Å². The summed E-state index contributed by atoms with van der Waals surface area (Å²) in [6.45, 7) is 0. The van der Waals surface area contributed by atoms with E-state index in [9.17, 15) is 4.79 Å². The number of hydrogen-bond acceptors (Lipinski definition) is 2. The highest BCUT2D eigenvalue weighted by atomic mass is 16.5. The minimum atomic E-state index is 0.110. The SMILES string of the molecule is COc1ccccc1-c1cccc2c1Cc1ccccc1C2=O. The second-order valence-corrected chi connectivity index (χ2v) is 5.70. The maximum absolute atomic E-state index is 12.8. The van der Waals surface area contributed by atoms with Crippen molar-refractivity contribution in [1.82, 2.24) is 0 Å². The minimum Gasteiger partial charge on any atom is -0.496 e. The van der Waals surface area contributed by atoms with Gasteiger partial charge in [0.1, 0.15) is 5.75 Å². The summed E-state index contributed by atoms with van der Waals surface area (Å²) in [5.41, 5.74) is 5.89. The maximum Gasteiger partial charge on any atom is 0.193 e. The van der Waals surface area contributed by atoms with Gasteiger partial charge in [-0.1, -0.05) is 60.7 Å². The van der Waals surface area contributed by atoms with Crippen molar-refractivity contribution in [3.63, 3.8) is 0 Å². The van der Waals surface area contributed by atoms with Crippen molar-refractivity contribution in [2.75, 3.05) is 7.11 Å². The molecule has 0 heterocycles. The second kappa shape index (κ2) is 5.40. The number of carbonyl (C=O) groups is 1. The van der Waals surface area contributed by atoms with Crippen LogP contribution in [0.1, 0.15) is 27.0 Å². The number of benzene rings is 3. The van der Waals surface area contributed by atoms with Gasteiger partial charge in [-0.3, -0.25) is 4.79 Å². The maximum atomic E-state index is 12.8. The van der Waals surface area contributed by atoms with Gasteiger partial charge in [0.25, 0.3) is 0 Å². The molecule has 1 aliphatic carbocycles. The molecular formula is C21H16O2. The number of para-hydroxylation sites is 1. The lowest BCUT2D eigenvalue weighted by atomic mass is 9.81. The Balaban J connectivity index is 1.94. The molecule has 0 bridgehead atoms. The molecule has 0 unspecified atom stereocenters. The quantitative estimate of drug-likeness (QED) is 0.545. The summed E-state index contributed by atoms with van der Waals surface area (Å²) in [7, 11) is 1.68. The summed E-state index contributed by atoms with van der Waals surface area (Å²) in [6, 6.07) is 21.7. The van der Waals surface area contributed by atoms with E-state index in [0.29, 0.717) is 0 Å². The predicted octanol–water partition coefficient (Wildman–Crippen LogP) is 4.50. The zero-order valence-corrected chi connectivity index (χ0v) is 12.9. The fraction of sp³-hybridized carbons (Fsp3) is 0.0952. The van der Waals surface area contributed by atoms with E-state index in [0.717, 1.165) is 45.6 Å². The molecule has 4 rings (SSSR count). The van der Waals surface area contributed by atoms with E-state index in [4.69, 9.17) is 4.74 Å². The average molecular weight is 300 g/mol. The summed E-state index contributed by atoms with van der Waals surface area (Å²) in [5, 5.41) is 0. The van der Waals surface area contributed by atoms with E-state index in [1.165, 1.54) is 0 Å². The van der Waals surface area contributed by atoms with Gasteiger partial charge in [-0.25, -0.2) is 0 Å². The molecule has 3 aromatic carbocycles. The van der Waals surface area contributed by atoms with Gasteiger partial charge in [0.05, 0.1) is 7.11 Å². The Bertz CT molecular complexity index is 909. The van der Waals surface area contributed by atoms with Crippen LogP contribution in [0.2, 0.25) is 0 Å². The first-order valence-corrected chi connectivity index (χ1v) is 7.67. The molecule has 0 saturated carbocycles. The van der Waals surface area contributed by atoms with E-state index in [-0.39, 0.29) is 5.78 Å². The number of carbonyl (C=O) groups excluding carboxylic acids is 1. The van der Waals surface area contributed by atoms with Crippen LogP contribution in [0.5, 0.6) is 5.75 Å². The summed E-state index contributed by atoms with van der Waals surface area (Å²) in [5.74, 6) is 0.936. The monoisotopic (exact) mass is 300 g/mol. The van der Waals surface area contributed by atoms with Crippen LogP contribution in [0.25, 0.3) is 11.1 Å². The van der Waals surface area contributed by atoms with E-state index in [1.807, 2.05) is 60.7 Å². The lowest BCUT2D eigenvalue weighted by molar-refractivity contribution is 0.103. The standard InChI is InChI=1S/C21H16O2/c1-23-20-12-5-4-9-17(20)16-10-6-11-18-19(16)13-14-7-2-3-8-15(14)21(18)22/h2-12H,13H2,1H3. The number of ether oxygens (including phenoxy) is 1. The Kier molecular flexibility index (Phi) is 3.23. The molecule has 0 radical (unpaired) electrons. The molecule has 2 nitrogen and oxygen atoms in total. The summed E-state index contributed by atoms with van der Waals surface area (Å²) in [4.78, 5) is 12.8. The molecule has 0 N–H and O–H groups in total. The zero-order valence-electron chi connectivity index (χ0n) is 12.9. The van der Waals surface area contributed by atoms with Crippen molar-refractivity contribution >= 4 is 5.78 Å². The normalized spacial score (nSPS) is 12.5. The van der Waals surface area contributed by atoms with Gasteiger partial charge in [0.2, 0.25) is 0 Å². The molecule has 2 heteroatoms. The van der Waals surface area contributed by atoms with Gasteiger partial charge in [-0.2, -0.15) is 0 Å². The molecule has 112 valence electrons. The highest BCUT2D eigenvalue weighted by molar-refractivity contribution is 6.13. The number of rotatable bonds is 2. The Morgan fingerprint density at radius 1 is 0.739 bits per heavy atom. The predicted molar refractivity (Wildman–Crippen MR) is 91.1 cm³/mol. The first kappa shape index (κ1) is 13.8. The molecule has 1 aliphatic rings. The van der Waals surface area contributed by atoms with Crippen molar-refractivity contribution in [3.8, 4) is 16.9 Å². The minimum absolute atomic E-state index is 0.110. The molecular weight excluding hydrogens is 284 g/mol. The van der Waals surface area contributed by atoms with Crippen molar-refractivity contribution in [2.24, 2.45) is 0 Å². The first-order chi connectivity index (χ1) is 11.3. The van der Waals surface area contributed by atoms with E-state index in [1.54, 1.807) is 7.11 Å². The fourth-order valence-corrected chi connectivity index (χ4v) is 3.34. The molecule has 0 fully saturated rings. The molecule has 0 aromatic heterocycles. The third-order valence-corrected chi connectivity index (χ3v) is 4.45. The van der Waals surface area contributed by atoms with Crippen molar-refractivity contribution < 1.29 is 9.53 Å². The molecule has 23 heavy (non-hydrogen) atoms. The molecule has 3 aromatic rings. The van der Waals surface area contributed by atoms with Gasteiger partial charge in [0.15, 0.2) is 5.78 Å². The van der Waals surface area contributed by atoms with E-state index < -0.39 is 0 Å². The highest BCUT2D eigenvalue weighted by Crippen LogP contribution is 2.37. The van der Waals surface area contributed by atoms with Crippen LogP contribution in [0.4, 0.5) is 0 Å². The van der Waals surface area contributed by atoms with Crippen LogP contribution in [0.3, 0.4) is 0 Å². The molecule has 0 spiro atoms. The van der Waals surface area contributed by atoms with Crippen LogP contribution < -0.4 is 4.74 Å². The lowest BCUT2D eigenvalue weighted by Gasteiger charge is -2.22. The molecule has 0 amide bonds. The van der Waals surface area contributed by atoms with Crippen molar-refractivity contribution in [3.05, 3.63) is 89.0 Å². The first-order valence-electron chi connectivity index (χ1n) is 7.67. The van der Waals surface area contributed by atoms with Crippen molar-refractivity contribution in [1.29, 1.82) is 0 Å². The van der Waals surface area contributed by atoms with Crippen LogP contribution in [-0.4, -0.2) is 12.9 Å². The van der Waals surface area contributed by atoms with Gasteiger partial charge >= 0.3 is 0 Å². The van der Waals surface area contributed by atoms with Crippen LogP contribution in [0, 0.1) is 0 Å². The number of hydrogen-bond donors (Lipinski definition) is 0. The lowest BCUT2D eigenvalue weighted by Crippen LogP contribution is -2.15. The molecule has 0 aliphatic heterocycles. The third-order valence-electron chi connectivity index (χ3n) is 4.45. The average Bonchev–Trinajstić information content (AvgIpc) is 2.61. The Labute approximate surface area is 135 Å². The van der Waals surface area contributed by atoms with Gasteiger partial charge in [-0.15, -0.1) is 0 Å². The van der Waals surface area contributed by atoms with Crippen LogP contribution in [-0.2, 0) is 6.42 Å². The zero-order chi connectivity index (χ0) is 15.8. The molecule has 0 atom stereocenters. The number of methoxy groups -OCH3 is 1. The summed E-state index contributed by atoms with van der Waals surface area (Å²) >= 11 is 0.